The number of hydrazone groups is 1. The van der Waals surface area contributed by atoms with Crippen molar-refractivity contribution in [2.45, 2.75) is 18.2 Å². The summed E-state index contributed by atoms with van der Waals surface area (Å²) in [6.07, 6.45) is 0. The molecule has 1 aliphatic heterocycles. The second-order valence-electron chi connectivity index (χ2n) is 4.25. The van der Waals surface area contributed by atoms with Gasteiger partial charge in [0.2, 0.25) is 0 Å². The van der Waals surface area contributed by atoms with Crippen LogP contribution in [0.5, 0.6) is 5.75 Å². The molecule has 0 aromatic heterocycles. The first kappa shape index (κ1) is 13.7. The van der Waals surface area contributed by atoms with Gasteiger partial charge in [0.1, 0.15) is 0 Å². The molecular formula is C13H14BrN3O2. The van der Waals surface area contributed by atoms with Crippen molar-refractivity contribution in [1.82, 2.24) is 5.01 Å². The number of amides is 1. The Kier molecular flexibility index (Phi) is 3.71. The van der Waals surface area contributed by atoms with Crippen molar-refractivity contribution in [2.75, 3.05) is 7.05 Å². The zero-order valence-electron chi connectivity index (χ0n) is 10.9. The predicted molar refractivity (Wildman–Crippen MR) is 77.7 cm³/mol. The Bertz CT molecular complexity index is 556. The van der Waals surface area contributed by atoms with Crippen LogP contribution >= 0.6 is 15.9 Å². The molecule has 2 rings (SSSR count). The largest absolute Gasteiger partial charge is 0.357 e. The van der Waals surface area contributed by atoms with Gasteiger partial charge in [-0.2, -0.15) is 5.10 Å². The zero-order valence-corrected chi connectivity index (χ0v) is 12.5. The molecule has 5 nitrogen and oxygen atoms in total. The van der Waals surface area contributed by atoms with E-state index >= 15 is 0 Å². The van der Waals surface area contributed by atoms with Crippen molar-refractivity contribution in [3.8, 4) is 5.75 Å². The fourth-order valence-electron chi connectivity index (χ4n) is 1.80. The summed E-state index contributed by atoms with van der Waals surface area (Å²) in [6.45, 7) is 3.51. The molecule has 0 radical (unpaired) electrons. The highest BCUT2D eigenvalue weighted by Crippen LogP contribution is 2.30. The van der Waals surface area contributed by atoms with Crippen LogP contribution in [0, 0.1) is 0 Å². The molecule has 0 bridgehead atoms. The molecule has 1 aromatic rings. The van der Waals surface area contributed by atoms with Gasteiger partial charge in [-0.25, -0.2) is 5.01 Å². The lowest BCUT2D eigenvalue weighted by atomic mass is 9.99. The average molecular weight is 324 g/mol. The van der Waals surface area contributed by atoms with E-state index < -0.39 is 4.32 Å². The van der Waals surface area contributed by atoms with Crippen molar-refractivity contribution >= 4 is 33.3 Å². The molecule has 0 saturated carbocycles. The van der Waals surface area contributed by atoms with Crippen molar-refractivity contribution < 1.29 is 9.63 Å². The van der Waals surface area contributed by atoms with Crippen LogP contribution in [0.25, 0.3) is 0 Å². The van der Waals surface area contributed by atoms with E-state index in [-0.39, 0.29) is 5.91 Å². The Hall–Kier alpha value is -1.69. The monoisotopic (exact) mass is 323 g/mol. The van der Waals surface area contributed by atoms with Gasteiger partial charge in [-0.3, -0.25) is 4.79 Å². The maximum absolute atomic E-state index is 12.1. The van der Waals surface area contributed by atoms with Gasteiger partial charge >= 0.3 is 0 Å². The van der Waals surface area contributed by atoms with Gasteiger partial charge in [-0.05, 0) is 26.0 Å². The molecule has 1 heterocycles. The van der Waals surface area contributed by atoms with Crippen molar-refractivity contribution in [3.05, 3.63) is 30.3 Å². The Morgan fingerprint density at radius 3 is 2.58 bits per heavy atom. The van der Waals surface area contributed by atoms with Crippen molar-refractivity contribution in [1.29, 1.82) is 0 Å². The Morgan fingerprint density at radius 1 is 1.42 bits per heavy atom. The number of rotatable bonds is 3. The second kappa shape index (κ2) is 5.13. The first-order valence-electron chi connectivity index (χ1n) is 5.76. The second-order valence-corrected chi connectivity index (χ2v) is 5.44. The molecule has 0 N–H and O–H groups in total. The fraction of sp³-hybridized carbons (Fsp3) is 0.308. The number of hydrogen-bond acceptors (Lipinski definition) is 4. The molecule has 1 atom stereocenters. The van der Waals surface area contributed by atoms with Gasteiger partial charge in [-0.15, -0.1) is 0 Å². The average Bonchev–Trinajstić information content (AvgIpc) is 2.62. The van der Waals surface area contributed by atoms with E-state index in [1.807, 2.05) is 18.2 Å². The lowest BCUT2D eigenvalue weighted by Gasteiger charge is -2.19. The molecule has 1 aliphatic rings. The Balaban J connectivity index is 2.22. The third kappa shape index (κ3) is 2.40. The quantitative estimate of drug-likeness (QED) is 0.487. The number of benzene rings is 1. The van der Waals surface area contributed by atoms with E-state index in [0.29, 0.717) is 17.2 Å². The molecule has 0 aliphatic carbocycles. The minimum Gasteiger partial charge on any atom is -0.357 e. The molecule has 0 saturated heterocycles. The van der Waals surface area contributed by atoms with E-state index in [9.17, 15) is 4.79 Å². The van der Waals surface area contributed by atoms with Crippen LogP contribution in [0.2, 0.25) is 0 Å². The number of carbonyl (C=O) groups is 1. The predicted octanol–water partition coefficient (Wildman–Crippen LogP) is 2.42. The zero-order chi connectivity index (χ0) is 14.0. The highest BCUT2D eigenvalue weighted by atomic mass is 79.9. The van der Waals surface area contributed by atoms with Gasteiger partial charge in [0.15, 0.2) is 10.1 Å². The Morgan fingerprint density at radius 2 is 2.05 bits per heavy atom. The summed E-state index contributed by atoms with van der Waals surface area (Å²) >= 11 is 3.42. The van der Waals surface area contributed by atoms with E-state index in [4.69, 9.17) is 4.84 Å². The fourth-order valence-corrected chi connectivity index (χ4v) is 2.21. The first-order chi connectivity index (χ1) is 8.96. The summed E-state index contributed by atoms with van der Waals surface area (Å²) in [5.74, 6) is 0.439. The van der Waals surface area contributed by atoms with Crippen LogP contribution in [0.15, 0.2) is 40.6 Å². The number of oxime groups is 1. The third-order valence-electron chi connectivity index (χ3n) is 2.92. The minimum absolute atomic E-state index is 0.178. The lowest BCUT2D eigenvalue weighted by Crippen LogP contribution is -2.45. The summed E-state index contributed by atoms with van der Waals surface area (Å²) in [5.41, 5.74) is 1.14. The molecule has 1 amide bonds. The van der Waals surface area contributed by atoms with E-state index in [0.717, 1.165) is 0 Å². The lowest BCUT2D eigenvalue weighted by molar-refractivity contribution is -0.127. The van der Waals surface area contributed by atoms with Gasteiger partial charge in [-0.1, -0.05) is 39.3 Å². The molecule has 6 heteroatoms. The van der Waals surface area contributed by atoms with Crippen LogP contribution in [0.1, 0.15) is 13.8 Å². The molecule has 1 unspecified atom stereocenters. The molecule has 1 aromatic carbocycles. The van der Waals surface area contributed by atoms with E-state index in [2.05, 4.69) is 26.2 Å². The van der Waals surface area contributed by atoms with Crippen LogP contribution in [-0.4, -0.2) is 33.7 Å². The highest BCUT2D eigenvalue weighted by Gasteiger charge is 2.49. The topological polar surface area (TPSA) is 54.3 Å². The van der Waals surface area contributed by atoms with Gasteiger partial charge in [0.05, 0.1) is 11.4 Å². The highest BCUT2D eigenvalue weighted by molar-refractivity contribution is 9.11. The summed E-state index contributed by atoms with van der Waals surface area (Å²) in [6, 6.07) is 9.18. The summed E-state index contributed by atoms with van der Waals surface area (Å²) in [7, 11) is 1.61. The van der Waals surface area contributed by atoms with E-state index in [1.54, 1.807) is 33.0 Å². The van der Waals surface area contributed by atoms with Crippen molar-refractivity contribution in [2.24, 2.45) is 10.3 Å². The molecule has 100 valence electrons. The van der Waals surface area contributed by atoms with Gasteiger partial charge in [0, 0.05) is 7.05 Å². The molecule has 19 heavy (non-hydrogen) atoms. The summed E-state index contributed by atoms with van der Waals surface area (Å²) in [4.78, 5) is 17.4. The van der Waals surface area contributed by atoms with Gasteiger partial charge < -0.3 is 4.84 Å². The number of carbonyl (C=O) groups excluding carboxylic acids is 1. The normalized spacial score (nSPS) is 23.6. The summed E-state index contributed by atoms with van der Waals surface area (Å²) < 4.78 is -1.00. The number of alkyl halides is 1. The number of para-hydroxylation sites is 1. The van der Waals surface area contributed by atoms with Crippen LogP contribution < -0.4 is 4.84 Å². The molecule has 0 fully saturated rings. The number of nitrogens with zero attached hydrogens (tertiary/aromatic N) is 3. The van der Waals surface area contributed by atoms with Crippen LogP contribution in [-0.2, 0) is 4.79 Å². The number of hydrogen-bond donors (Lipinski definition) is 0. The first-order valence-corrected chi connectivity index (χ1v) is 6.55. The SMILES string of the molecule is CC(=NOc1ccccc1)C1(Br)C(=O)N(C)N=C1C. The standard InChI is InChI=1S/C13H14BrN3O2/c1-9-13(14,12(18)17(3)15-9)10(2)16-19-11-7-5-4-6-8-11/h4-8H,1-3H3. The third-order valence-corrected chi connectivity index (χ3v) is 4.40. The van der Waals surface area contributed by atoms with Crippen LogP contribution in [0.3, 0.4) is 0 Å². The van der Waals surface area contributed by atoms with E-state index in [1.165, 1.54) is 5.01 Å². The minimum atomic E-state index is -1.00. The molecule has 0 spiro atoms. The van der Waals surface area contributed by atoms with Crippen molar-refractivity contribution in [3.63, 3.8) is 0 Å². The van der Waals surface area contributed by atoms with Crippen LogP contribution in [0.4, 0.5) is 0 Å². The number of halogens is 1. The Labute approximate surface area is 120 Å². The van der Waals surface area contributed by atoms with Gasteiger partial charge in [0.25, 0.3) is 5.91 Å². The smallest absolute Gasteiger partial charge is 0.271 e. The molecular weight excluding hydrogens is 310 g/mol. The summed E-state index contributed by atoms with van der Waals surface area (Å²) in [5, 5.41) is 9.44. The maximum atomic E-state index is 12.1. The maximum Gasteiger partial charge on any atom is 0.271 e.